The molecule has 5 nitrogen and oxygen atoms in total. The van der Waals surface area contributed by atoms with Gasteiger partial charge in [-0.1, -0.05) is 6.07 Å². The van der Waals surface area contributed by atoms with Crippen LogP contribution in [0.4, 0.5) is 0 Å². The van der Waals surface area contributed by atoms with E-state index in [1.165, 1.54) is 12.1 Å². The van der Waals surface area contributed by atoms with Crippen molar-refractivity contribution in [1.29, 1.82) is 0 Å². The van der Waals surface area contributed by atoms with Gasteiger partial charge in [-0.05, 0) is 23.8 Å². The fourth-order valence-corrected chi connectivity index (χ4v) is 1.61. The molecule has 94 valence electrons. The minimum absolute atomic E-state index is 0.230. The molecule has 0 saturated carbocycles. The van der Waals surface area contributed by atoms with E-state index in [0.717, 1.165) is 12.0 Å². The zero-order valence-electron chi connectivity index (χ0n) is 10.0. The molecule has 0 aliphatic heterocycles. The summed E-state index contributed by atoms with van der Waals surface area (Å²) in [7, 11) is 1.86. The number of hydrogen-bond acceptors (Lipinski definition) is 3. The van der Waals surface area contributed by atoms with Crippen LogP contribution in [-0.4, -0.2) is 27.5 Å². The normalized spacial score (nSPS) is 10.3. The van der Waals surface area contributed by atoms with E-state index in [2.05, 4.69) is 5.10 Å². The highest BCUT2D eigenvalue weighted by Gasteiger charge is 2.04. The van der Waals surface area contributed by atoms with E-state index in [0.29, 0.717) is 12.4 Å². The molecule has 1 aromatic carbocycles. The predicted octanol–water partition coefficient (Wildman–Crippen LogP) is 1.74. The number of rotatable bonds is 5. The van der Waals surface area contributed by atoms with E-state index >= 15 is 0 Å². The summed E-state index contributed by atoms with van der Waals surface area (Å²) in [5, 5.41) is 12.9. The lowest BCUT2D eigenvalue weighted by Crippen LogP contribution is -2.02. The van der Waals surface area contributed by atoms with Gasteiger partial charge in [0, 0.05) is 19.7 Å². The van der Waals surface area contributed by atoms with Crippen molar-refractivity contribution in [3.63, 3.8) is 0 Å². The fraction of sp³-hybridized carbons (Fsp3) is 0.231. The maximum Gasteiger partial charge on any atom is 0.335 e. The molecule has 0 bridgehead atoms. The second-order valence-electron chi connectivity index (χ2n) is 3.95. The van der Waals surface area contributed by atoms with Gasteiger partial charge >= 0.3 is 5.97 Å². The Morgan fingerprint density at radius 3 is 3.00 bits per heavy atom. The number of benzene rings is 1. The lowest BCUT2D eigenvalue weighted by atomic mass is 10.2. The molecule has 0 saturated heterocycles. The van der Waals surface area contributed by atoms with Gasteiger partial charge in [-0.25, -0.2) is 4.79 Å². The predicted molar refractivity (Wildman–Crippen MR) is 65.8 cm³/mol. The molecule has 1 heterocycles. The van der Waals surface area contributed by atoms with Crippen LogP contribution in [0.2, 0.25) is 0 Å². The first-order valence-corrected chi connectivity index (χ1v) is 5.59. The third-order valence-electron chi connectivity index (χ3n) is 2.50. The molecule has 2 rings (SSSR count). The van der Waals surface area contributed by atoms with Crippen molar-refractivity contribution in [2.24, 2.45) is 7.05 Å². The van der Waals surface area contributed by atoms with E-state index in [-0.39, 0.29) is 5.56 Å². The van der Waals surface area contributed by atoms with Crippen LogP contribution in [0.25, 0.3) is 0 Å². The summed E-state index contributed by atoms with van der Waals surface area (Å²) >= 11 is 0. The number of aromatic nitrogens is 2. The second kappa shape index (κ2) is 5.35. The summed E-state index contributed by atoms with van der Waals surface area (Å²) in [5.41, 5.74) is 1.32. The van der Waals surface area contributed by atoms with Crippen LogP contribution in [-0.2, 0) is 13.5 Å². The lowest BCUT2D eigenvalue weighted by molar-refractivity contribution is 0.0696. The van der Waals surface area contributed by atoms with E-state index in [1.54, 1.807) is 23.0 Å². The number of carboxylic acids is 1. The second-order valence-corrected chi connectivity index (χ2v) is 3.95. The zero-order valence-corrected chi connectivity index (χ0v) is 10.0. The number of aromatic carboxylic acids is 1. The first-order chi connectivity index (χ1) is 8.65. The monoisotopic (exact) mass is 246 g/mol. The minimum Gasteiger partial charge on any atom is -0.493 e. The fourth-order valence-electron chi connectivity index (χ4n) is 1.61. The highest BCUT2D eigenvalue weighted by Crippen LogP contribution is 2.13. The van der Waals surface area contributed by atoms with Gasteiger partial charge in [-0.2, -0.15) is 5.10 Å². The highest BCUT2D eigenvalue weighted by atomic mass is 16.5. The van der Waals surface area contributed by atoms with Crippen molar-refractivity contribution in [1.82, 2.24) is 9.78 Å². The van der Waals surface area contributed by atoms with E-state index < -0.39 is 5.97 Å². The van der Waals surface area contributed by atoms with Gasteiger partial charge in [0.2, 0.25) is 0 Å². The van der Waals surface area contributed by atoms with Crippen LogP contribution < -0.4 is 4.74 Å². The maximum atomic E-state index is 10.8. The van der Waals surface area contributed by atoms with Crippen molar-refractivity contribution in [3.8, 4) is 5.75 Å². The van der Waals surface area contributed by atoms with Crippen LogP contribution in [0.15, 0.2) is 36.7 Å². The molecule has 2 aromatic rings. The maximum absolute atomic E-state index is 10.8. The topological polar surface area (TPSA) is 64.3 Å². The van der Waals surface area contributed by atoms with Gasteiger partial charge in [-0.3, -0.25) is 4.68 Å². The van der Waals surface area contributed by atoms with Gasteiger partial charge in [0.1, 0.15) is 5.75 Å². The third kappa shape index (κ3) is 3.10. The van der Waals surface area contributed by atoms with E-state index in [9.17, 15) is 4.79 Å². The van der Waals surface area contributed by atoms with Gasteiger partial charge in [0.05, 0.1) is 18.4 Å². The molecule has 0 aliphatic rings. The summed E-state index contributed by atoms with van der Waals surface area (Å²) in [4.78, 5) is 10.8. The van der Waals surface area contributed by atoms with Crippen LogP contribution in [0, 0.1) is 0 Å². The number of ether oxygens (including phenoxy) is 1. The van der Waals surface area contributed by atoms with Crippen molar-refractivity contribution in [2.45, 2.75) is 6.42 Å². The molecule has 1 aromatic heterocycles. The minimum atomic E-state index is -0.951. The molecule has 0 aliphatic carbocycles. The van der Waals surface area contributed by atoms with Crippen LogP contribution in [0.1, 0.15) is 15.9 Å². The van der Waals surface area contributed by atoms with Crippen LogP contribution >= 0.6 is 0 Å². The molecule has 0 fully saturated rings. The molecular weight excluding hydrogens is 232 g/mol. The molecule has 0 unspecified atom stereocenters. The molecule has 0 spiro atoms. The Labute approximate surface area is 105 Å². The summed E-state index contributed by atoms with van der Waals surface area (Å²) < 4.78 is 7.25. The molecule has 0 radical (unpaired) electrons. The Hall–Kier alpha value is -2.30. The summed E-state index contributed by atoms with van der Waals surface area (Å²) in [6.45, 7) is 0.495. The Balaban J connectivity index is 1.90. The Kier molecular flexibility index (Phi) is 3.62. The van der Waals surface area contributed by atoms with Crippen LogP contribution in [0.5, 0.6) is 5.75 Å². The molecule has 0 atom stereocenters. The van der Waals surface area contributed by atoms with Gasteiger partial charge < -0.3 is 9.84 Å². The quantitative estimate of drug-likeness (QED) is 0.872. The number of hydrogen-bond donors (Lipinski definition) is 1. The number of aryl methyl sites for hydroxylation is 1. The average molecular weight is 246 g/mol. The molecule has 18 heavy (non-hydrogen) atoms. The van der Waals surface area contributed by atoms with Crippen LogP contribution in [0.3, 0.4) is 0 Å². The van der Waals surface area contributed by atoms with E-state index in [1.807, 2.05) is 13.2 Å². The van der Waals surface area contributed by atoms with Crippen molar-refractivity contribution >= 4 is 5.97 Å². The Morgan fingerprint density at radius 1 is 1.50 bits per heavy atom. The molecule has 0 amide bonds. The number of carbonyl (C=O) groups is 1. The van der Waals surface area contributed by atoms with Gasteiger partial charge in [0.25, 0.3) is 0 Å². The number of nitrogens with zero attached hydrogens (tertiary/aromatic N) is 2. The first kappa shape index (κ1) is 12.2. The third-order valence-corrected chi connectivity index (χ3v) is 2.50. The van der Waals surface area contributed by atoms with Gasteiger partial charge in [-0.15, -0.1) is 0 Å². The van der Waals surface area contributed by atoms with E-state index in [4.69, 9.17) is 9.84 Å². The van der Waals surface area contributed by atoms with Gasteiger partial charge in [0.15, 0.2) is 0 Å². The smallest absolute Gasteiger partial charge is 0.335 e. The number of carboxylic acid groups (broad SMARTS) is 1. The highest BCUT2D eigenvalue weighted by molar-refractivity contribution is 5.87. The first-order valence-electron chi connectivity index (χ1n) is 5.59. The lowest BCUT2D eigenvalue weighted by Gasteiger charge is -2.05. The average Bonchev–Trinajstić information content (AvgIpc) is 2.75. The van der Waals surface area contributed by atoms with Crippen molar-refractivity contribution in [3.05, 3.63) is 47.8 Å². The Morgan fingerprint density at radius 2 is 2.33 bits per heavy atom. The molecule has 1 N–H and O–H groups in total. The largest absolute Gasteiger partial charge is 0.493 e. The molecule has 5 heteroatoms. The summed E-state index contributed by atoms with van der Waals surface area (Å²) in [6, 6.07) is 6.47. The van der Waals surface area contributed by atoms with Crippen molar-refractivity contribution < 1.29 is 14.6 Å². The van der Waals surface area contributed by atoms with Crippen molar-refractivity contribution in [2.75, 3.05) is 6.61 Å². The summed E-state index contributed by atoms with van der Waals surface area (Å²) in [6.07, 6.45) is 4.46. The zero-order chi connectivity index (χ0) is 13.0. The standard InChI is InChI=1S/C13H14N2O3/c1-15-9-10(8-14-15)5-6-18-12-4-2-3-11(7-12)13(16)17/h2-4,7-9H,5-6H2,1H3,(H,16,17). The molecular formula is C13H14N2O3. The SMILES string of the molecule is Cn1cc(CCOc2cccc(C(=O)O)c2)cn1. The summed E-state index contributed by atoms with van der Waals surface area (Å²) in [5.74, 6) is -0.383. The Bertz CT molecular complexity index is 549.